The predicted molar refractivity (Wildman–Crippen MR) is 99.2 cm³/mol. The van der Waals surface area contributed by atoms with Crippen LogP contribution >= 0.6 is 11.3 Å². The fourth-order valence-corrected chi connectivity index (χ4v) is 3.16. The molecule has 0 radical (unpaired) electrons. The zero-order valence-electron chi connectivity index (χ0n) is 15.2. The van der Waals surface area contributed by atoms with Crippen molar-refractivity contribution in [1.82, 2.24) is 4.98 Å². The quantitative estimate of drug-likeness (QED) is 0.632. The van der Waals surface area contributed by atoms with E-state index in [1.54, 1.807) is 19.2 Å². The number of thiazole rings is 1. The van der Waals surface area contributed by atoms with Crippen molar-refractivity contribution in [2.45, 2.75) is 26.9 Å². The van der Waals surface area contributed by atoms with Crippen molar-refractivity contribution in [3.05, 3.63) is 58.4 Å². The van der Waals surface area contributed by atoms with Crippen LogP contribution in [0.4, 0.5) is 13.9 Å². The van der Waals surface area contributed by atoms with Gasteiger partial charge in [0.1, 0.15) is 17.1 Å². The van der Waals surface area contributed by atoms with Crippen molar-refractivity contribution in [2.24, 2.45) is 0 Å². The highest BCUT2D eigenvalue weighted by molar-refractivity contribution is 7.14. The molecule has 0 aliphatic rings. The van der Waals surface area contributed by atoms with Gasteiger partial charge in [-0.2, -0.15) is 0 Å². The molecule has 1 aromatic carbocycles. The smallest absolute Gasteiger partial charge is 0.342 e. The molecule has 9 heteroatoms. The maximum Gasteiger partial charge on any atom is 0.342 e. The number of amides is 1. The summed E-state index contributed by atoms with van der Waals surface area (Å²) in [4.78, 5) is 28.6. The summed E-state index contributed by atoms with van der Waals surface area (Å²) in [5.41, 5.74) is 1.02. The van der Waals surface area contributed by atoms with Gasteiger partial charge in [-0.25, -0.2) is 18.6 Å². The second kappa shape index (κ2) is 7.89. The number of rotatable bonds is 5. The van der Waals surface area contributed by atoms with Crippen LogP contribution in [0, 0.1) is 25.5 Å². The topological polar surface area (TPSA) is 81.4 Å². The van der Waals surface area contributed by atoms with Crippen LogP contribution in [0.5, 0.6) is 0 Å². The standard InChI is InChI=1S/C19H16F2N2O4S/c1-9-6-13(10(2)26-9)18(25)27-11(3)17(24)23-19-22-16(8-28-19)12-4-5-14(20)15(21)7-12/h4-8,11H,1-3H3,(H,22,23,24). The third-order valence-corrected chi connectivity index (χ3v) is 4.62. The molecule has 3 rings (SSSR count). The van der Waals surface area contributed by atoms with Crippen molar-refractivity contribution >= 4 is 28.3 Å². The number of anilines is 1. The summed E-state index contributed by atoms with van der Waals surface area (Å²) in [5.74, 6) is -2.20. The highest BCUT2D eigenvalue weighted by Gasteiger charge is 2.23. The molecule has 1 unspecified atom stereocenters. The number of ether oxygens (including phenoxy) is 1. The van der Waals surface area contributed by atoms with Gasteiger partial charge in [-0.3, -0.25) is 10.1 Å². The van der Waals surface area contributed by atoms with E-state index in [9.17, 15) is 18.4 Å². The van der Waals surface area contributed by atoms with Gasteiger partial charge in [-0.05, 0) is 45.0 Å². The van der Waals surface area contributed by atoms with E-state index in [4.69, 9.17) is 9.15 Å². The van der Waals surface area contributed by atoms with Gasteiger partial charge in [-0.15, -0.1) is 11.3 Å². The van der Waals surface area contributed by atoms with Crippen LogP contribution in [0.3, 0.4) is 0 Å². The normalized spacial score (nSPS) is 11.9. The fraction of sp³-hybridized carbons (Fsp3) is 0.211. The van der Waals surface area contributed by atoms with Gasteiger partial charge in [0, 0.05) is 10.9 Å². The average Bonchev–Trinajstić information content (AvgIpc) is 3.23. The highest BCUT2D eigenvalue weighted by Crippen LogP contribution is 2.26. The van der Waals surface area contributed by atoms with E-state index in [1.165, 1.54) is 19.1 Å². The lowest BCUT2D eigenvalue weighted by molar-refractivity contribution is -0.123. The molecular formula is C19H16F2N2O4S. The Balaban J connectivity index is 1.64. The number of nitrogens with one attached hydrogen (secondary N) is 1. The molecule has 2 heterocycles. The Morgan fingerprint density at radius 2 is 1.96 bits per heavy atom. The van der Waals surface area contributed by atoms with Gasteiger partial charge in [0.05, 0.1) is 5.69 Å². The van der Waals surface area contributed by atoms with E-state index in [2.05, 4.69) is 10.3 Å². The van der Waals surface area contributed by atoms with Crippen LogP contribution in [0.2, 0.25) is 0 Å². The molecule has 0 saturated carbocycles. The molecule has 0 bridgehead atoms. The van der Waals surface area contributed by atoms with E-state index in [1.807, 2.05) is 0 Å². The molecule has 28 heavy (non-hydrogen) atoms. The van der Waals surface area contributed by atoms with Gasteiger partial charge in [0.25, 0.3) is 5.91 Å². The number of esters is 1. The zero-order chi connectivity index (χ0) is 20.4. The Kier molecular flexibility index (Phi) is 5.55. The van der Waals surface area contributed by atoms with Crippen LogP contribution < -0.4 is 5.32 Å². The summed E-state index contributed by atoms with van der Waals surface area (Å²) in [6, 6.07) is 4.95. The first-order valence-electron chi connectivity index (χ1n) is 8.24. The van der Waals surface area contributed by atoms with Gasteiger partial charge >= 0.3 is 5.97 Å². The number of hydrogen-bond acceptors (Lipinski definition) is 6. The average molecular weight is 406 g/mol. The summed E-state index contributed by atoms with van der Waals surface area (Å²) >= 11 is 1.11. The minimum absolute atomic E-state index is 0.239. The Labute approximate surface area is 163 Å². The summed E-state index contributed by atoms with van der Waals surface area (Å²) < 4.78 is 36.8. The maximum atomic E-state index is 13.4. The molecule has 1 atom stereocenters. The van der Waals surface area contributed by atoms with Crippen LogP contribution in [0.25, 0.3) is 11.3 Å². The molecule has 1 amide bonds. The van der Waals surface area contributed by atoms with Crippen molar-refractivity contribution < 1.29 is 27.5 Å². The van der Waals surface area contributed by atoms with E-state index in [-0.39, 0.29) is 10.7 Å². The number of benzene rings is 1. The molecule has 0 saturated heterocycles. The maximum absolute atomic E-state index is 13.4. The number of aryl methyl sites for hydroxylation is 2. The lowest BCUT2D eigenvalue weighted by Gasteiger charge is -2.11. The Hall–Kier alpha value is -3.07. The van der Waals surface area contributed by atoms with Crippen molar-refractivity contribution in [3.8, 4) is 11.3 Å². The molecule has 3 aromatic rings. The van der Waals surface area contributed by atoms with Crippen LogP contribution in [0.15, 0.2) is 34.1 Å². The molecule has 6 nitrogen and oxygen atoms in total. The molecule has 0 fully saturated rings. The number of halogens is 2. The van der Waals surface area contributed by atoms with Gasteiger partial charge in [0.15, 0.2) is 22.9 Å². The first kappa shape index (κ1) is 19.7. The van der Waals surface area contributed by atoms with E-state index in [0.29, 0.717) is 22.8 Å². The fourth-order valence-electron chi connectivity index (χ4n) is 2.44. The lowest BCUT2D eigenvalue weighted by atomic mass is 10.2. The molecule has 0 aliphatic heterocycles. The second-order valence-electron chi connectivity index (χ2n) is 6.03. The third kappa shape index (κ3) is 4.25. The van der Waals surface area contributed by atoms with Crippen molar-refractivity contribution in [3.63, 3.8) is 0 Å². The summed E-state index contributed by atoms with van der Waals surface area (Å²) in [7, 11) is 0. The zero-order valence-corrected chi connectivity index (χ0v) is 16.0. The Morgan fingerprint density at radius 3 is 2.61 bits per heavy atom. The summed E-state index contributed by atoms with van der Waals surface area (Å²) in [5, 5.41) is 4.37. The van der Waals surface area contributed by atoms with Crippen LogP contribution in [-0.4, -0.2) is 23.0 Å². The Bertz CT molecular complexity index is 1040. The van der Waals surface area contributed by atoms with Gasteiger partial charge in [0.2, 0.25) is 0 Å². The number of hydrogen-bond donors (Lipinski definition) is 1. The lowest BCUT2D eigenvalue weighted by Crippen LogP contribution is -2.30. The van der Waals surface area contributed by atoms with Crippen LogP contribution in [0.1, 0.15) is 28.8 Å². The van der Waals surface area contributed by atoms with Gasteiger partial charge < -0.3 is 9.15 Å². The van der Waals surface area contributed by atoms with E-state index in [0.717, 1.165) is 23.5 Å². The molecule has 1 N–H and O–H groups in total. The summed E-state index contributed by atoms with van der Waals surface area (Å²) in [6.45, 7) is 4.76. The minimum Gasteiger partial charge on any atom is -0.466 e. The number of nitrogens with zero attached hydrogens (tertiary/aromatic N) is 1. The summed E-state index contributed by atoms with van der Waals surface area (Å²) in [6.07, 6.45) is -1.07. The molecule has 0 aliphatic carbocycles. The van der Waals surface area contributed by atoms with Crippen LogP contribution in [-0.2, 0) is 9.53 Å². The first-order chi connectivity index (χ1) is 13.2. The number of carbonyl (C=O) groups is 2. The number of carbonyl (C=O) groups excluding carboxylic acids is 2. The number of furan rings is 1. The van der Waals surface area contributed by atoms with E-state index < -0.39 is 29.6 Å². The second-order valence-corrected chi connectivity index (χ2v) is 6.89. The molecular weight excluding hydrogens is 390 g/mol. The molecule has 2 aromatic heterocycles. The van der Waals surface area contributed by atoms with Crippen molar-refractivity contribution in [1.29, 1.82) is 0 Å². The predicted octanol–water partition coefficient (Wildman–Crippen LogP) is 4.48. The number of aromatic nitrogens is 1. The Morgan fingerprint density at radius 1 is 1.21 bits per heavy atom. The molecule has 146 valence electrons. The van der Waals surface area contributed by atoms with Crippen molar-refractivity contribution in [2.75, 3.05) is 5.32 Å². The molecule has 0 spiro atoms. The third-order valence-electron chi connectivity index (χ3n) is 3.86. The minimum atomic E-state index is -1.07. The first-order valence-corrected chi connectivity index (χ1v) is 9.12. The van der Waals surface area contributed by atoms with Gasteiger partial charge in [-0.1, -0.05) is 0 Å². The SMILES string of the molecule is Cc1cc(C(=O)OC(C)C(=O)Nc2nc(-c3ccc(F)c(F)c3)cs2)c(C)o1. The van der Waals surface area contributed by atoms with E-state index >= 15 is 0 Å². The monoisotopic (exact) mass is 406 g/mol. The highest BCUT2D eigenvalue weighted by atomic mass is 32.1. The largest absolute Gasteiger partial charge is 0.466 e.